The van der Waals surface area contributed by atoms with Crippen molar-refractivity contribution >= 4 is 31.7 Å². The third-order valence-corrected chi connectivity index (χ3v) is 5.89. The summed E-state index contributed by atoms with van der Waals surface area (Å²) in [5.41, 5.74) is 0.897. The molecule has 0 spiro atoms. The van der Waals surface area contributed by atoms with E-state index in [-0.39, 0.29) is 6.42 Å². The van der Waals surface area contributed by atoms with Crippen LogP contribution in [0.3, 0.4) is 0 Å². The Kier molecular flexibility index (Phi) is 4.55. The molecule has 0 amide bonds. The van der Waals surface area contributed by atoms with Gasteiger partial charge in [-0.25, -0.2) is 8.42 Å². The number of carboxylic acids is 1. The standard InChI is InChI=1S/C12H15BrO4S/c1-12(11(14)15,18(2,16)17)8-7-9-5-3-4-6-10(9)13/h3-6H,7-8H2,1-2H3,(H,14,15). The SMILES string of the molecule is CC(CCc1ccccc1Br)(C(=O)O)S(C)(=O)=O. The maximum Gasteiger partial charge on any atom is 0.324 e. The maximum atomic E-state index is 11.6. The lowest BCUT2D eigenvalue weighted by Gasteiger charge is -2.22. The molecule has 1 rings (SSSR count). The number of aryl methyl sites for hydroxylation is 1. The summed E-state index contributed by atoms with van der Waals surface area (Å²) in [5.74, 6) is -1.31. The van der Waals surface area contributed by atoms with E-state index in [2.05, 4.69) is 15.9 Å². The van der Waals surface area contributed by atoms with Gasteiger partial charge >= 0.3 is 5.97 Å². The highest BCUT2D eigenvalue weighted by Gasteiger charge is 2.43. The molecule has 0 fully saturated rings. The maximum absolute atomic E-state index is 11.6. The first-order valence-electron chi connectivity index (χ1n) is 5.35. The predicted molar refractivity (Wildman–Crippen MR) is 73.3 cm³/mol. The van der Waals surface area contributed by atoms with Gasteiger partial charge in [0, 0.05) is 10.7 Å². The van der Waals surface area contributed by atoms with Gasteiger partial charge in [-0.05, 0) is 31.4 Å². The summed E-state index contributed by atoms with van der Waals surface area (Å²) in [4.78, 5) is 11.2. The van der Waals surface area contributed by atoms with Crippen molar-refractivity contribution in [2.75, 3.05) is 6.26 Å². The number of benzene rings is 1. The zero-order valence-electron chi connectivity index (χ0n) is 10.2. The number of carboxylic acid groups (broad SMARTS) is 1. The normalized spacial score (nSPS) is 15.1. The van der Waals surface area contributed by atoms with Crippen LogP contribution in [0.25, 0.3) is 0 Å². The van der Waals surface area contributed by atoms with Gasteiger partial charge in [0.15, 0.2) is 14.6 Å². The summed E-state index contributed by atoms with van der Waals surface area (Å²) in [6.07, 6.45) is 1.39. The van der Waals surface area contributed by atoms with E-state index in [1.165, 1.54) is 6.92 Å². The second-order valence-electron chi connectivity index (χ2n) is 4.40. The lowest BCUT2D eigenvalue weighted by Crippen LogP contribution is -2.43. The highest BCUT2D eigenvalue weighted by atomic mass is 79.9. The molecule has 6 heteroatoms. The van der Waals surface area contributed by atoms with Crippen molar-refractivity contribution in [3.63, 3.8) is 0 Å². The number of carbonyl (C=O) groups is 1. The van der Waals surface area contributed by atoms with Crippen LogP contribution < -0.4 is 0 Å². The van der Waals surface area contributed by atoms with Gasteiger partial charge in [0.25, 0.3) is 0 Å². The Bertz CT molecular complexity index is 553. The summed E-state index contributed by atoms with van der Waals surface area (Å²) in [7, 11) is -3.66. The number of aliphatic carboxylic acids is 1. The van der Waals surface area contributed by atoms with E-state index < -0.39 is 20.6 Å². The first-order chi connectivity index (χ1) is 8.18. The predicted octanol–water partition coefficient (Wildman–Crippen LogP) is 2.27. The van der Waals surface area contributed by atoms with Crippen LogP contribution in [0.4, 0.5) is 0 Å². The first kappa shape index (κ1) is 15.2. The monoisotopic (exact) mass is 334 g/mol. The van der Waals surface area contributed by atoms with Gasteiger partial charge in [-0.15, -0.1) is 0 Å². The fourth-order valence-corrected chi connectivity index (χ4v) is 2.80. The van der Waals surface area contributed by atoms with E-state index in [0.29, 0.717) is 6.42 Å². The van der Waals surface area contributed by atoms with Gasteiger partial charge in [-0.2, -0.15) is 0 Å². The molecule has 0 bridgehead atoms. The lowest BCUT2D eigenvalue weighted by molar-refractivity contribution is -0.139. The van der Waals surface area contributed by atoms with Crippen molar-refractivity contribution in [2.24, 2.45) is 0 Å². The average molecular weight is 335 g/mol. The third kappa shape index (κ3) is 3.11. The summed E-state index contributed by atoms with van der Waals surface area (Å²) < 4.78 is 22.3. The molecule has 100 valence electrons. The molecule has 0 aliphatic rings. The van der Waals surface area contributed by atoms with Gasteiger partial charge in [0.05, 0.1) is 0 Å². The van der Waals surface area contributed by atoms with E-state index in [1.54, 1.807) is 0 Å². The van der Waals surface area contributed by atoms with Gasteiger partial charge in [-0.1, -0.05) is 34.1 Å². The van der Waals surface area contributed by atoms with Crippen molar-refractivity contribution < 1.29 is 18.3 Å². The highest BCUT2D eigenvalue weighted by Crippen LogP contribution is 2.26. The Morgan fingerprint density at radius 2 is 1.94 bits per heavy atom. The Morgan fingerprint density at radius 3 is 2.39 bits per heavy atom. The minimum absolute atomic E-state index is 0.0454. The van der Waals surface area contributed by atoms with Crippen LogP contribution in [-0.4, -0.2) is 30.5 Å². The minimum Gasteiger partial charge on any atom is -0.480 e. The van der Waals surface area contributed by atoms with E-state index in [0.717, 1.165) is 16.3 Å². The quantitative estimate of drug-likeness (QED) is 0.896. The Balaban J connectivity index is 2.96. The first-order valence-corrected chi connectivity index (χ1v) is 8.03. The Morgan fingerprint density at radius 1 is 1.39 bits per heavy atom. The van der Waals surface area contributed by atoms with Crippen LogP contribution in [0.5, 0.6) is 0 Å². The molecule has 1 unspecified atom stereocenters. The van der Waals surface area contributed by atoms with Gasteiger partial charge in [0.2, 0.25) is 0 Å². The molecule has 1 atom stereocenters. The topological polar surface area (TPSA) is 71.4 Å². The number of hydrogen-bond acceptors (Lipinski definition) is 3. The molecule has 1 N–H and O–H groups in total. The number of sulfone groups is 1. The van der Waals surface area contributed by atoms with Crippen LogP contribution in [0.2, 0.25) is 0 Å². The smallest absolute Gasteiger partial charge is 0.324 e. The van der Waals surface area contributed by atoms with E-state index in [1.807, 2.05) is 24.3 Å². The molecule has 4 nitrogen and oxygen atoms in total. The van der Waals surface area contributed by atoms with Gasteiger partial charge in [0.1, 0.15) is 0 Å². The molecule has 1 aromatic rings. The van der Waals surface area contributed by atoms with Crippen LogP contribution >= 0.6 is 15.9 Å². The van der Waals surface area contributed by atoms with Crippen LogP contribution in [-0.2, 0) is 21.1 Å². The molecule has 0 saturated heterocycles. The summed E-state index contributed by atoms with van der Waals surface area (Å²) in [6.45, 7) is 1.25. The molecule has 0 aromatic heterocycles. The Hall–Kier alpha value is -0.880. The van der Waals surface area contributed by atoms with E-state index >= 15 is 0 Å². The van der Waals surface area contributed by atoms with Crippen molar-refractivity contribution in [3.8, 4) is 0 Å². The zero-order valence-corrected chi connectivity index (χ0v) is 12.6. The second kappa shape index (κ2) is 5.40. The molecular formula is C12H15BrO4S. The second-order valence-corrected chi connectivity index (χ2v) is 7.70. The fourth-order valence-electron chi connectivity index (χ4n) is 1.53. The highest BCUT2D eigenvalue weighted by molar-refractivity contribution is 9.10. The molecule has 0 saturated carbocycles. The molecule has 0 heterocycles. The number of rotatable bonds is 5. The van der Waals surface area contributed by atoms with Crippen molar-refractivity contribution in [1.29, 1.82) is 0 Å². The van der Waals surface area contributed by atoms with Crippen molar-refractivity contribution in [3.05, 3.63) is 34.3 Å². The summed E-state index contributed by atoms with van der Waals surface area (Å²) in [6, 6.07) is 7.36. The third-order valence-electron chi connectivity index (χ3n) is 3.10. The zero-order chi connectivity index (χ0) is 14.0. The summed E-state index contributed by atoms with van der Waals surface area (Å²) in [5, 5.41) is 9.12. The van der Waals surface area contributed by atoms with Crippen LogP contribution in [0, 0.1) is 0 Å². The molecule has 1 aromatic carbocycles. The van der Waals surface area contributed by atoms with Crippen LogP contribution in [0.1, 0.15) is 18.9 Å². The van der Waals surface area contributed by atoms with E-state index in [9.17, 15) is 13.2 Å². The largest absolute Gasteiger partial charge is 0.480 e. The summed E-state index contributed by atoms with van der Waals surface area (Å²) >= 11 is 3.35. The molecule has 0 radical (unpaired) electrons. The lowest BCUT2D eigenvalue weighted by atomic mass is 10.0. The van der Waals surface area contributed by atoms with Crippen LogP contribution in [0.15, 0.2) is 28.7 Å². The minimum atomic E-state index is -3.66. The molecule has 0 aliphatic carbocycles. The van der Waals surface area contributed by atoms with Crippen molar-refractivity contribution in [2.45, 2.75) is 24.5 Å². The Labute approximate surface area is 115 Å². The van der Waals surface area contributed by atoms with Crippen molar-refractivity contribution in [1.82, 2.24) is 0 Å². The molecule has 0 aliphatic heterocycles. The number of halogens is 1. The fraction of sp³-hybridized carbons (Fsp3) is 0.417. The molecule has 18 heavy (non-hydrogen) atoms. The van der Waals surface area contributed by atoms with Gasteiger partial charge < -0.3 is 5.11 Å². The molecular weight excluding hydrogens is 320 g/mol. The van der Waals surface area contributed by atoms with E-state index in [4.69, 9.17) is 5.11 Å². The average Bonchev–Trinajstić information content (AvgIpc) is 2.25. The number of hydrogen-bond donors (Lipinski definition) is 1. The van der Waals surface area contributed by atoms with Gasteiger partial charge in [-0.3, -0.25) is 4.79 Å².